The molecular formula is C17H13N5O2. The Kier molecular flexibility index (Phi) is 3.17. The van der Waals surface area contributed by atoms with Gasteiger partial charge in [-0.15, -0.1) is 0 Å². The molecule has 0 spiro atoms. The monoisotopic (exact) mass is 319 g/mol. The van der Waals surface area contributed by atoms with Crippen molar-refractivity contribution in [3.05, 3.63) is 53.2 Å². The van der Waals surface area contributed by atoms with Crippen molar-refractivity contribution >= 4 is 17.1 Å². The summed E-state index contributed by atoms with van der Waals surface area (Å²) >= 11 is 0. The Balaban J connectivity index is 1.81. The van der Waals surface area contributed by atoms with Crippen molar-refractivity contribution < 1.29 is 4.79 Å². The number of hydrogen-bond acceptors (Lipinski definition) is 4. The van der Waals surface area contributed by atoms with Crippen LogP contribution in [0.25, 0.3) is 16.6 Å². The minimum Gasteiger partial charge on any atom is -0.328 e. The zero-order chi connectivity index (χ0) is 16.7. The van der Waals surface area contributed by atoms with Gasteiger partial charge in [0.25, 0.3) is 0 Å². The van der Waals surface area contributed by atoms with E-state index >= 15 is 0 Å². The van der Waals surface area contributed by atoms with Crippen molar-refractivity contribution in [1.82, 2.24) is 14.6 Å². The quantitative estimate of drug-likeness (QED) is 0.775. The summed E-state index contributed by atoms with van der Waals surface area (Å²) in [6, 6.07) is 8.95. The SMILES string of the molecule is N#CC1CCN(c2ccnn3cc(-c4ccc(=O)[nH]c4)cc23)C1=O. The first-order valence-electron chi connectivity index (χ1n) is 7.55. The van der Waals surface area contributed by atoms with Crippen LogP contribution in [0, 0.1) is 17.2 Å². The number of anilines is 1. The number of nitrogens with zero attached hydrogens (tertiary/aromatic N) is 4. The van der Waals surface area contributed by atoms with Gasteiger partial charge in [0.05, 0.1) is 17.3 Å². The first kappa shape index (κ1) is 14.2. The van der Waals surface area contributed by atoms with Crippen LogP contribution >= 0.6 is 0 Å². The molecule has 0 saturated carbocycles. The molecule has 1 saturated heterocycles. The van der Waals surface area contributed by atoms with E-state index in [0.717, 1.165) is 22.3 Å². The minimum absolute atomic E-state index is 0.161. The number of hydrogen-bond donors (Lipinski definition) is 1. The third-order valence-electron chi connectivity index (χ3n) is 4.26. The normalized spacial score (nSPS) is 17.4. The van der Waals surface area contributed by atoms with E-state index < -0.39 is 5.92 Å². The second-order valence-corrected chi connectivity index (χ2v) is 5.68. The Morgan fingerprint density at radius 1 is 1.25 bits per heavy atom. The first-order valence-corrected chi connectivity index (χ1v) is 7.55. The zero-order valence-electron chi connectivity index (χ0n) is 12.6. The maximum Gasteiger partial charge on any atom is 0.247 e. The predicted molar refractivity (Wildman–Crippen MR) is 87.3 cm³/mol. The lowest BCUT2D eigenvalue weighted by atomic mass is 10.1. The fourth-order valence-corrected chi connectivity index (χ4v) is 3.02. The molecule has 0 bridgehead atoms. The summed E-state index contributed by atoms with van der Waals surface area (Å²) in [4.78, 5) is 27.8. The number of rotatable bonds is 2. The molecule has 4 heterocycles. The smallest absolute Gasteiger partial charge is 0.247 e. The van der Waals surface area contributed by atoms with E-state index in [4.69, 9.17) is 5.26 Å². The number of nitrogens with one attached hydrogen (secondary N) is 1. The number of pyridine rings is 1. The van der Waals surface area contributed by atoms with E-state index in [1.54, 1.807) is 33.9 Å². The van der Waals surface area contributed by atoms with Crippen molar-refractivity contribution in [2.75, 3.05) is 11.4 Å². The summed E-state index contributed by atoms with van der Waals surface area (Å²) in [6.07, 6.45) is 5.65. The molecular weight excluding hydrogens is 306 g/mol. The molecule has 1 N–H and O–H groups in total. The maximum absolute atomic E-state index is 12.3. The molecule has 0 aliphatic carbocycles. The lowest BCUT2D eigenvalue weighted by molar-refractivity contribution is -0.118. The van der Waals surface area contributed by atoms with Gasteiger partial charge in [0.2, 0.25) is 11.5 Å². The Bertz CT molecular complexity index is 1020. The third-order valence-corrected chi connectivity index (χ3v) is 4.26. The summed E-state index contributed by atoms with van der Waals surface area (Å²) in [5.74, 6) is -0.746. The molecule has 1 aliphatic heterocycles. The van der Waals surface area contributed by atoms with Gasteiger partial charge in [0.15, 0.2) is 0 Å². The Morgan fingerprint density at radius 3 is 2.83 bits per heavy atom. The van der Waals surface area contributed by atoms with Crippen molar-refractivity contribution in [1.29, 1.82) is 5.26 Å². The summed E-state index contributed by atoms with van der Waals surface area (Å²) in [7, 11) is 0. The Morgan fingerprint density at radius 2 is 2.12 bits per heavy atom. The van der Waals surface area contributed by atoms with Crippen LogP contribution in [0.1, 0.15) is 6.42 Å². The summed E-state index contributed by atoms with van der Waals surface area (Å²) < 4.78 is 1.70. The van der Waals surface area contributed by atoms with Gasteiger partial charge in [-0.05, 0) is 30.2 Å². The molecule has 1 unspecified atom stereocenters. The van der Waals surface area contributed by atoms with E-state index in [2.05, 4.69) is 16.2 Å². The highest BCUT2D eigenvalue weighted by atomic mass is 16.2. The highest BCUT2D eigenvalue weighted by Gasteiger charge is 2.33. The van der Waals surface area contributed by atoms with Crippen LogP contribution in [0.15, 0.2) is 47.7 Å². The molecule has 1 amide bonds. The minimum atomic E-state index is -0.577. The molecule has 0 radical (unpaired) electrons. The summed E-state index contributed by atoms with van der Waals surface area (Å²) in [5, 5.41) is 13.3. The van der Waals surface area contributed by atoms with E-state index in [-0.39, 0.29) is 11.5 Å². The number of amides is 1. The van der Waals surface area contributed by atoms with Gasteiger partial charge < -0.3 is 9.88 Å². The zero-order valence-corrected chi connectivity index (χ0v) is 12.6. The fraction of sp³-hybridized carbons (Fsp3) is 0.176. The molecule has 1 fully saturated rings. The average Bonchev–Trinajstić information content (AvgIpc) is 3.18. The third kappa shape index (κ3) is 2.16. The number of carbonyl (C=O) groups excluding carboxylic acids is 1. The highest BCUT2D eigenvalue weighted by Crippen LogP contribution is 2.31. The maximum atomic E-state index is 12.3. The molecule has 3 aromatic rings. The lowest BCUT2D eigenvalue weighted by Crippen LogP contribution is -2.27. The van der Waals surface area contributed by atoms with E-state index in [1.807, 2.05) is 12.3 Å². The van der Waals surface area contributed by atoms with Crippen molar-refractivity contribution in [2.45, 2.75) is 6.42 Å². The molecule has 118 valence electrons. The van der Waals surface area contributed by atoms with Crippen LogP contribution in [0.2, 0.25) is 0 Å². The van der Waals surface area contributed by atoms with Crippen LogP contribution in [-0.4, -0.2) is 27.0 Å². The van der Waals surface area contributed by atoms with Crippen LogP contribution < -0.4 is 10.5 Å². The number of nitriles is 1. The second-order valence-electron chi connectivity index (χ2n) is 5.68. The van der Waals surface area contributed by atoms with Crippen LogP contribution in [0.5, 0.6) is 0 Å². The van der Waals surface area contributed by atoms with Crippen LogP contribution in [0.3, 0.4) is 0 Å². The van der Waals surface area contributed by atoms with Gasteiger partial charge in [-0.2, -0.15) is 10.4 Å². The molecule has 24 heavy (non-hydrogen) atoms. The Hall–Kier alpha value is -3.40. The van der Waals surface area contributed by atoms with Crippen molar-refractivity contribution in [3.63, 3.8) is 0 Å². The predicted octanol–water partition coefficient (Wildman–Crippen LogP) is 1.57. The standard InChI is InChI=1S/C17H13N5O2/c18-8-11-4-6-21(17(11)24)14-3-5-20-22-10-13(7-15(14)22)12-1-2-16(23)19-9-12/h1-3,5,7,9-11H,4,6H2,(H,19,23). The number of carbonyl (C=O) groups is 1. The molecule has 7 nitrogen and oxygen atoms in total. The van der Waals surface area contributed by atoms with Gasteiger partial charge in [0.1, 0.15) is 5.92 Å². The van der Waals surface area contributed by atoms with Gasteiger partial charge in [-0.3, -0.25) is 9.59 Å². The van der Waals surface area contributed by atoms with Crippen molar-refractivity contribution in [3.8, 4) is 17.2 Å². The number of aromatic nitrogens is 3. The summed E-state index contributed by atoms with van der Waals surface area (Å²) in [6.45, 7) is 0.524. The highest BCUT2D eigenvalue weighted by molar-refractivity contribution is 6.02. The Labute approximate surface area is 136 Å². The van der Waals surface area contributed by atoms with Crippen molar-refractivity contribution in [2.24, 2.45) is 5.92 Å². The van der Waals surface area contributed by atoms with Gasteiger partial charge in [-0.1, -0.05) is 0 Å². The van der Waals surface area contributed by atoms with Gasteiger partial charge >= 0.3 is 0 Å². The van der Waals surface area contributed by atoms with Gasteiger partial charge in [-0.25, -0.2) is 4.52 Å². The topological polar surface area (TPSA) is 94.3 Å². The van der Waals surface area contributed by atoms with E-state index in [0.29, 0.717) is 13.0 Å². The fourth-order valence-electron chi connectivity index (χ4n) is 3.02. The van der Waals surface area contributed by atoms with E-state index in [9.17, 15) is 9.59 Å². The average molecular weight is 319 g/mol. The lowest BCUT2D eigenvalue weighted by Gasteiger charge is -2.16. The molecule has 1 aliphatic rings. The van der Waals surface area contributed by atoms with Gasteiger partial charge in [0, 0.05) is 36.8 Å². The molecule has 7 heteroatoms. The second kappa shape index (κ2) is 5.35. The number of fused-ring (bicyclic) bond motifs is 1. The molecule has 3 aromatic heterocycles. The van der Waals surface area contributed by atoms with E-state index in [1.165, 1.54) is 6.07 Å². The number of aromatic amines is 1. The van der Waals surface area contributed by atoms with Crippen LogP contribution in [-0.2, 0) is 4.79 Å². The largest absolute Gasteiger partial charge is 0.328 e. The summed E-state index contributed by atoms with van der Waals surface area (Å²) in [5.41, 5.74) is 3.10. The molecule has 4 rings (SSSR count). The molecule has 1 atom stereocenters. The number of H-pyrrole nitrogens is 1. The van der Waals surface area contributed by atoms with Crippen LogP contribution in [0.4, 0.5) is 5.69 Å². The first-order chi connectivity index (χ1) is 11.7. The molecule has 0 aromatic carbocycles.